The van der Waals surface area contributed by atoms with Gasteiger partial charge in [-0.25, -0.2) is 8.42 Å². The van der Waals surface area contributed by atoms with Gasteiger partial charge in [-0.3, -0.25) is 4.79 Å². The van der Waals surface area contributed by atoms with E-state index in [1.165, 1.54) is 11.3 Å². The third-order valence-electron chi connectivity index (χ3n) is 5.88. The lowest BCUT2D eigenvalue weighted by Crippen LogP contribution is -2.42. The van der Waals surface area contributed by atoms with E-state index in [2.05, 4.69) is 10.6 Å². The smallest absolute Gasteiger partial charge is 0.252 e. The van der Waals surface area contributed by atoms with E-state index in [4.69, 9.17) is 9.47 Å². The summed E-state index contributed by atoms with van der Waals surface area (Å²) in [5, 5.41) is 6.31. The van der Waals surface area contributed by atoms with Gasteiger partial charge in [-0.2, -0.15) is 4.31 Å². The average Bonchev–Trinajstić information content (AvgIpc) is 3.38. The second-order valence-corrected chi connectivity index (χ2v) is 11.5. The first-order valence-corrected chi connectivity index (χ1v) is 13.6. The van der Waals surface area contributed by atoms with Crippen LogP contribution in [0.4, 0.5) is 5.69 Å². The Balaban J connectivity index is 1.31. The van der Waals surface area contributed by atoms with Crippen molar-refractivity contribution in [2.75, 3.05) is 32.6 Å². The summed E-state index contributed by atoms with van der Waals surface area (Å²) in [7, 11) is -0.395. The lowest BCUT2D eigenvalue weighted by molar-refractivity contribution is 0.0951. The van der Waals surface area contributed by atoms with Crippen LogP contribution in [0.25, 0.3) is 0 Å². The van der Waals surface area contributed by atoms with Gasteiger partial charge in [0.15, 0.2) is 0 Å². The van der Waals surface area contributed by atoms with Crippen molar-refractivity contribution in [3.63, 3.8) is 0 Å². The van der Waals surface area contributed by atoms with Crippen LogP contribution in [0, 0.1) is 0 Å². The normalized spacial score (nSPS) is 14.9. The molecule has 0 saturated carbocycles. The minimum absolute atomic E-state index is 0.194. The molecule has 10 heteroatoms. The summed E-state index contributed by atoms with van der Waals surface area (Å²) in [6, 6.07) is 18.2. The van der Waals surface area contributed by atoms with Crippen molar-refractivity contribution in [2.45, 2.75) is 29.6 Å². The molecule has 0 aliphatic carbocycles. The molecule has 1 aliphatic rings. The fraction of sp³-hybridized carbons (Fsp3) is 0.320. The van der Waals surface area contributed by atoms with Crippen LogP contribution in [-0.2, 0) is 16.6 Å². The number of benzene rings is 2. The molecule has 8 nitrogen and oxygen atoms in total. The number of ether oxygens (including phenoxy) is 2. The standard InChI is InChI=1S/C25H29N3O5S2/c1-32-21-7-3-5-18(15-21)25(29)26-17-23-9-10-24(34-23)35(30,31)28-13-11-19(12-14-28)27-20-6-4-8-22(16-20)33-2/h3-10,15-16,19,27H,11-14,17H2,1-2H3,(H,26,29). The number of nitrogens with one attached hydrogen (secondary N) is 2. The molecule has 1 fully saturated rings. The summed E-state index contributed by atoms with van der Waals surface area (Å²) in [5.74, 6) is 1.14. The van der Waals surface area contributed by atoms with E-state index in [-0.39, 0.29) is 18.5 Å². The van der Waals surface area contributed by atoms with Gasteiger partial charge in [0.1, 0.15) is 15.7 Å². The molecule has 35 heavy (non-hydrogen) atoms. The molecule has 3 aromatic rings. The number of anilines is 1. The first-order valence-electron chi connectivity index (χ1n) is 11.3. The number of nitrogens with zero attached hydrogens (tertiary/aromatic N) is 1. The molecule has 2 N–H and O–H groups in total. The Morgan fingerprint density at radius 1 is 1.00 bits per heavy atom. The fourth-order valence-electron chi connectivity index (χ4n) is 3.94. The molecule has 1 aromatic heterocycles. The number of carbonyl (C=O) groups is 1. The Labute approximate surface area is 209 Å². The molecule has 1 amide bonds. The number of sulfonamides is 1. The van der Waals surface area contributed by atoms with Crippen molar-refractivity contribution in [2.24, 2.45) is 0 Å². The number of thiophene rings is 1. The average molecular weight is 516 g/mol. The summed E-state index contributed by atoms with van der Waals surface area (Å²) >= 11 is 1.19. The molecule has 0 radical (unpaired) electrons. The quantitative estimate of drug-likeness (QED) is 0.448. The lowest BCUT2D eigenvalue weighted by Gasteiger charge is -2.31. The largest absolute Gasteiger partial charge is 0.497 e. The van der Waals surface area contributed by atoms with Crippen LogP contribution >= 0.6 is 11.3 Å². The minimum atomic E-state index is -3.57. The van der Waals surface area contributed by atoms with Crippen molar-refractivity contribution in [1.82, 2.24) is 9.62 Å². The van der Waals surface area contributed by atoms with Gasteiger partial charge in [0, 0.05) is 41.3 Å². The van der Waals surface area contributed by atoms with Crippen LogP contribution in [0.5, 0.6) is 11.5 Å². The first kappa shape index (κ1) is 25.0. The number of piperidine rings is 1. The van der Waals surface area contributed by atoms with E-state index < -0.39 is 10.0 Å². The summed E-state index contributed by atoms with van der Waals surface area (Å²) < 4.78 is 38.6. The van der Waals surface area contributed by atoms with Gasteiger partial charge in [-0.15, -0.1) is 11.3 Å². The van der Waals surface area contributed by atoms with Gasteiger partial charge in [0.25, 0.3) is 15.9 Å². The Kier molecular flexibility index (Phi) is 7.94. The van der Waals surface area contributed by atoms with E-state index in [9.17, 15) is 13.2 Å². The van der Waals surface area contributed by atoms with Crippen molar-refractivity contribution >= 4 is 33.0 Å². The van der Waals surface area contributed by atoms with Crippen LogP contribution in [0.2, 0.25) is 0 Å². The summed E-state index contributed by atoms with van der Waals surface area (Å²) in [5.41, 5.74) is 1.45. The van der Waals surface area contributed by atoms with Crippen LogP contribution < -0.4 is 20.1 Å². The van der Waals surface area contributed by atoms with Gasteiger partial charge >= 0.3 is 0 Å². The Morgan fingerprint density at radius 2 is 1.69 bits per heavy atom. The number of carbonyl (C=O) groups excluding carboxylic acids is 1. The molecule has 2 aromatic carbocycles. The van der Waals surface area contributed by atoms with Gasteiger partial charge in [-0.05, 0) is 55.3 Å². The second kappa shape index (κ2) is 11.1. The van der Waals surface area contributed by atoms with Crippen molar-refractivity contribution in [3.8, 4) is 11.5 Å². The predicted molar refractivity (Wildman–Crippen MR) is 137 cm³/mol. The van der Waals surface area contributed by atoms with Crippen LogP contribution in [0.1, 0.15) is 28.1 Å². The van der Waals surface area contributed by atoms with Crippen LogP contribution in [-0.4, -0.2) is 52.0 Å². The monoisotopic (exact) mass is 515 g/mol. The van der Waals surface area contributed by atoms with E-state index in [1.54, 1.807) is 54.9 Å². The summed E-state index contributed by atoms with van der Waals surface area (Å²) in [6.45, 7) is 1.15. The SMILES string of the molecule is COc1cccc(NC2CCN(S(=O)(=O)c3ccc(CNC(=O)c4cccc(OC)c4)s3)CC2)c1. The second-order valence-electron chi connectivity index (χ2n) is 8.19. The molecule has 0 spiro atoms. The van der Waals surface area contributed by atoms with Crippen LogP contribution in [0.3, 0.4) is 0 Å². The van der Waals surface area contributed by atoms with E-state index in [0.29, 0.717) is 41.5 Å². The van der Waals surface area contributed by atoms with Crippen molar-refractivity contribution in [3.05, 3.63) is 71.1 Å². The highest BCUT2D eigenvalue weighted by molar-refractivity contribution is 7.91. The lowest BCUT2D eigenvalue weighted by atomic mass is 10.1. The minimum Gasteiger partial charge on any atom is -0.497 e. The summed E-state index contributed by atoms with van der Waals surface area (Å²) in [6.07, 6.45) is 1.43. The topological polar surface area (TPSA) is 97.0 Å². The zero-order chi connectivity index (χ0) is 24.8. The van der Waals surface area contributed by atoms with E-state index >= 15 is 0 Å². The third-order valence-corrected chi connectivity index (χ3v) is 9.33. The van der Waals surface area contributed by atoms with E-state index in [1.807, 2.05) is 24.3 Å². The zero-order valence-electron chi connectivity index (χ0n) is 19.7. The zero-order valence-corrected chi connectivity index (χ0v) is 21.3. The molecule has 1 aliphatic heterocycles. The molecule has 1 saturated heterocycles. The third kappa shape index (κ3) is 6.14. The fourth-order valence-corrected chi connectivity index (χ4v) is 6.86. The predicted octanol–water partition coefficient (Wildman–Crippen LogP) is 3.96. The molecule has 0 bridgehead atoms. The van der Waals surface area contributed by atoms with Crippen molar-refractivity contribution in [1.29, 1.82) is 0 Å². The Bertz CT molecular complexity index is 1270. The first-order chi connectivity index (χ1) is 16.9. The van der Waals surface area contributed by atoms with Gasteiger partial charge in [0.2, 0.25) is 0 Å². The number of amides is 1. The molecule has 2 heterocycles. The van der Waals surface area contributed by atoms with E-state index in [0.717, 1.165) is 16.3 Å². The highest BCUT2D eigenvalue weighted by Gasteiger charge is 2.30. The maximum atomic E-state index is 13.2. The maximum Gasteiger partial charge on any atom is 0.252 e. The molecule has 0 unspecified atom stereocenters. The number of hydrogen-bond donors (Lipinski definition) is 2. The van der Waals surface area contributed by atoms with Gasteiger partial charge in [-0.1, -0.05) is 12.1 Å². The maximum absolute atomic E-state index is 13.2. The summed E-state index contributed by atoms with van der Waals surface area (Å²) in [4.78, 5) is 13.2. The molecule has 4 rings (SSSR count). The Morgan fingerprint density at radius 3 is 2.40 bits per heavy atom. The number of hydrogen-bond acceptors (Lipinski definition) is 7. The van der Waals surface area contributed by atoms with Crippen LogP contribution in [0.15, 0.2) is 64.9 Å². The highest BCUT2D eigenvalue weighted by Crippen LogP contribution is 2.28. The van der Waals surface area contributed by atoms with Gasteiger partial charge < -0.3 is 20.1 Å². The number of methoxy groups -OCH3 is 2. The molecule has 186 valence electrons. The van der Waals surface area contributed by atoms with Crippen molar-refractivity contribution < 1.29 is 22.7 Å². The van der Waals surface area contributed by atoms with Gasteiger partial charge in [0.05, 0.1) is 20.8 Å². The molecular formula is C25H29N3O5S2. The molecule has 0 atom stereocenters. The number of rotatable bonds is 9. The Hall–Kier alpha value is -3.08. The molecular weight excluding hydrogens is 486 g/mol. The highest BCUT2D eigenvalue weighted by atomic mass is 32.2.